The summed E-state index contributed by atoms with van der Waals surface area (Å²) in [5, 5.41) is 0. The van der Waals surface area contributed by atoms with Crippen LogP contribution in [0, 0.1) is 0 Å². The molecule has 0 radical (unpaired) electrons. The standard InChI is InChI=1S/C15H31Br/c1-3-5-7-9-10-12-14-15(16)13-11-8-6-4-2/h15H,3-14H2,1-2H3. The van der Waals surface area contributed by atoms with Crippen LogP contribution in [-0.4, -0.2) is 4.83 Å². The summed E-state index contributed by atoms with van der Waals surface area (Å²) >= 11 is 3.81. The molecule has 0 aliphatic carbocycles. The summed E-state index contributed by atoms with van der Waals surface area (Å²) in [5.74, 6) is 0. The Morgan fingerprint density at radius 2 is 1.00 bits per heavy atom. The van der Waals surface area contributed by atoms with Gasteiger partial charge in [0, 0.05) is 4.83 Å². The number of rotatable bonds is 12. The first-order chi connectivity index (χ1) is 7.81. The smallest absolute Gasteiger partial charge is 0.0145 e. The maximum atomic E-state index is 3.81. The van der Waals surface area contributed by atoms with Crippen molar-refractivity contribution in [2.24, 2.45) is 0 Å². The lowest BCUT2D eigenvalue weighted by atomic mass is 10.0. The van der Waals surface area contributed by atoms with Crippen LogP contribution in [0.1, 0.15) is 90.9 Å². The van der Waals surface area contributed by atoms with Crippen LogP contribution in [0.25, 0.3) is 0 Å². The molecule has 0 fully saturated rings. The zero-order valence-corrected chi connectivity index (χ0v) is 13.0. The highest BCUT2D eigenvalue weighted by molar-refractivity contribution is 9.09. The maximum absolute atomic E-state index is 3.81. The lowest BCUT2D eigenvalue weighted by Crippen LogP contribution is -1.97. The van der Waals surface area contributed by atoms with Crippen LogP contribution in [-0.2, 0) is 0 Å². The molecule has 0 rings (SSSR count). The molecule has 0 amide bonds. The van der Waals surface area contributed by atoms with E-state index in [0.717, 1.165) is 4.83 Å². The Balaban J connectivity index is 3.08. The highest BCUT2D eigenvalue weighted by Gasteiger charge is 2.03. The molecule has 0 aliphatic heterocycles. The lowest BCUT2D eigenvalue weighted by molar-refractivity contribution is 0.554. The summed E-state index contributed by atoms with van der Waals surface area (Å²) < 4.78 is 0. The van der Waals surface area contributed by atoms with Gasteiger partial charge in [-0.2, -0.15) is 0 Å². The zero-order chi connectivity index (χ0) is 12.1. The second-order valence-electron chi connectivity index (χ2n) is 5.00. The first kappa shape index (κ1) is 16.5. The normalized spacial score (nSPS) is 12.9. The fourth-order valence-corrected chi connectivity index (χ4v) is 2.73. The number of halogens is 1. The van der Waals surface area contributed by atoms with Crippen molar-refractivity contribution < 1.29 is 0 Å². The van der Waals surface area contributed by atoms with Crippen LogP contribution < -0.4 is 0 Å². The Kier molecular flexibility index (Phi) is 14.0. The third-order valence-electron chi connectivity index (χ3n) is 3.24. The molecule has 0 nitrogen and oxygen atoms in total. The Morgan fingerprint density at radius 3 is 1.50 bits per heavy atom. The van der Waals surface area contributed by atoms with Gasteiger partial charge in [-0.25, -0.2) is 0 Å². The summed E-state index contributed by atoms with van der Waals surface area (Å²) in [7, 11) is 0. The van der Waals surface area contributed by atoms with E-state index in [2.05, 4.69) is 29.8 Å². The molecule has 0 bridgehead atoms. The average molecular weight is 291 g/mol. The SMILES string of the molecule is CCCCCCCCC(Br)CCCCCC. The molecule has 0 N–H and O–H groups in total. The van der Waals surface area contributed by atoms with Crippen molar-refractivity contribution in [2.75, 3.05) is 0 Å². The van der Waals surface area contributed by atoms with Crippen molar-refractivity contribution in [3.05, 3.63) is 0 Å². The molecular formula is C15H31Br. The largest absolute Gasteiger partial charge is 0.0891 e. The fourth-order valence-electron chi connectivity index (χ4n) is 2.08. The monoisotopic (exact) mass is 290 g/mol. The molecule has 1 atom stereocenters. The van der Waals surface area contributed by atoms with Gasteiger partial charge in [0.05, 0.1) is 0 Å². The van der Waals surface area contributed by atoms with Crippen molar-refractivity contribution in [3.8, 4) is 0 Å². The predicted octanol–water partition coefficient (Wildman–Crippen LogP) is 6.47. The molecule has 0 aromatic rings. The predicted molar refractivity (Wildman–Crippen MR) is 79.5 cm³/mol. The van der Waals surface area contributed by atoms with Gasteiger partial charge in [0.15, 0.2) is 0 Å². The van der Waals surface area contributed by atoms with E-state index < -0.39 is 0 Å². The summed E-state index contributed by atoms with van der Waals surface area (Å²) in [6.45, 7) is 4.56. The molecule has 0 aromatic heterocycles. The van der Waals surface area contributed by atoms with Crippen LogP contribution in [0.3, 0.4) is 0 Å². The van der Waals surface area contributed by atoms with Gasteiger partial charge in [0.1, 0.15) is 0 Å². The van der Waals surface area contributed by atoms with Crippen molar-refractivity contribution in [1.29, 1.82) is 0 Å². The minimum atomic E-state index is 0.788. The number of unbranched alkanes of at least 4 members (excludes halogenated alkanes) is 8. The van der Waals surface area contributed by atoms with Crippen LogP contribution >= 0.6 is 15.9 Å². The van der Waals surface area contributed by atoms with Crippen molar-refractivity contribution in [1.82, 2.24) is 0 Å². The van der Waals surface area contributed by atoms with Gasteiger partial charge in [-0.1, -0.05) is 94.0 Å². The third kappa shape index (κ3) is 12.5. The first-order valence-corrected chi connectivity index (χ1v) is 8.36. The first-order valence-electron chi connectivity index (χ1n) is 7.45. The quantitative estimate of drug-likeness (QED) is 0.285. The van der Waals surface area contributed by atoms with E-state index >= 15 is 0 Å². The summed E-state index contributed by atoms with van der Waals surface area (Å²) in [5.41, 5.74) is 0. The van der Waals surface area contributed by atoms with Crippen molar-refractivity contribution in [3.63, 3.8) is 0 Å². The van der Waals surface area contributed by atoms with E-state index in [4.69, 9.17) is 0 Å². The third-order valence-corrected chi connectivity index (χ3v) is 4.16. The lowest BCUT2D eigenvalue weighted by Gasteiger charge is -2.09. The summed E-state index contributed by atoms with van der Waals surface area (Å²) in [6.07, 6.45) is 16.9. The molecule has 1 unspecified atom stereocenters. The topological polar surface area (TPSA) is 0 Å². The summed E-state index contributed by atoms with van der Waals surface area (Å²) in [6, 6.07) is 0. The van der Waals surface area contributed by atoms with Gasteiger partial charge in [0.2, 0.25) is 0 Å². The van der Waals surface area contributed by atoms with E-state index in [1.807, 2.05) is 0 Å². The zero-order valence-electron chi connectivity index (χ0n) is 11.4. The number of alkyl halides is 1. The van der Waals surface area contributed by atoms with Crippen LogP contribution in [0.4, 0.5) is 0 Å². The second-order valence-corrected chi connectivity index (χ2v) is 6.30. The Morgan fingerprint density at radius 1 is 0.625 bits per heavy atom. The maximum Gasteiger partial charge on any atom is 0.0145 e. The van der Waals surface area contributed by atoms with E-state index in [9.17, 15) is 0 Å². The molecule has 0 spiro atoms. The summed E-state index contributed by atoms with van der Waals surface area (Å²) in [4.78, 5) is 0.788. The van der Waals surface area contributed by atoms with E-state index in [1.165, 1.54) is 77.0 Å². The average Bonchev–Trinajstić information content (AvgIpc) is 2.29. The molecule has 0 saturated carbocycles. The van der Waals surface area contributed by atoms with E-state index in [1.54, 1.807) is 0 Å². The highest BCUT2D eigenvalue weighted by Crippen LogP contribution is 2.18. The van der Waals surface area contributed by atoms with Gasteiger partial charge < -0.3 is 0 Å². The van der Waals surface area contributed by atoms with Gasteiger partial charge >= 0.3 is 0 Å². The molecule has 0 aliphatic rings. The minimum Gasteiger partial charge on any atom is -0.0891 e. The van der Waals surface area contributed by atoms with Crippen LogP contribution in [0.15, 0.2) is 0 Å². The molecular weight excluding hydrogens is 260 g/mol. The van der Waals surface area contributed by atoms with Gasteiger partial charge in [-0.05, 0) is 12.8 Å². The number of hydrogen-bond donors (Lipinski definition) is 0. The van der Waals surface area contributed by atoms with Crippen LogP contribution in [0.2, 0.25) is 0 Å². The second kappa shape index (κ2) is 13.5. The van der Waals surface area contributed by atoms with Crippen molar-refractivity contribution in [2.45, 2.75) is 95.7 Å². The molecule has 0 saturated heterocycles. The van der Waals surface area contributed by atoms with E-state index in [-0.39, 0.29) is 0 Å². The van der Waals surface area contributed by atoms with E-state index in [0.29, 0.717) is 0 Å². The molecule has 1 heteroatoms. The highest BCUT2D eigenvalue weighted by atomic mass is 79.9. The fraction of sp³-hybridized carbons (Fsp3) is 1.00. The minimum absolute atomic E-state index is 0.788. The molecule has 16 heavy (non-hydrogen) atoms. The molecule has 0 aromatic carbocycles. The molecule has 0 heterocycles. The van der Waals surface area contributed by atoms with Gasteiger partial charge in [-0.3, -0.25) is 0 Å². The number of hydrogen-bond acceptors (Lipinski definition) is 0. The Labute approximate surface area is 112 Å². The van der Waals surface area contributed by atoms with Crippen molar-refractivity contribution >= 4 is 15.9 Å². The Hall–Kier alpha value is 0.480. The molecule has 98 valence electrons. The van der Waals surface area contributed by atoms with Gasteiger partial charge in [-0.15, -0.1) is 0 Å². The van der Waals surface area contributed by atoms with Crippen LogP contribution in [0.5, 0.6) is 0 Å². The van der Waals surface area contributed by atoms with Gasteiger partial charge in [0.25, 0.3) is 0 Å². The Bertz CT molecular complexity index is 123.